The van der Waals surface area contributed by atoms with E-state index in [2.05, 4.69) is 88.8 Å². The predicted octanol–water partition coefficient (Wildman–Crippen LogP) is 12.9. The van der Waals surface area contributed by atoms with Crippen molar-refractivity contribution in [3.63, 3.8) is 0 Å². The topological polar surface area (TPSA) is 114 Å². The molecule has 0 bridgehead atoms. The van der Waals surface area contributed by atoms with Crippen LogP contribution in [-0.4, -0.2) is 62.3 Å². The zero-order valence-electron chi connectivity index (χ0n) is 39.6. The van der Waals surface area contributed by atoms with Gasteiger partial charge >= 0.3 is 0 Å². The van der Waals surface area contributed by atoms with E-state index in [1.54, 1.807) is 11.3 Å². The van der Waals surface area contributed by atoms with E-state index in [1.807, 2.05) is 60.2 Å². The number of nitrogens with zero attached hydrogens (tertiary/aromatic N) is 6. The number of thiophene rings is 3. The number of rotatable bonds is 11. The molecule has 6 aromatic rings. The molecule has 3 aliphatic heterocycles. The minimum absolute atomic E-state index is 0.000760. The number of aliphatic hydroxyl groups excluding tert-OH is 3. The Kier molecular flexibility index (Phi) is 10.7. The Bertz CT molecular complexity index is 2700. The van der Waals surface area contributed by atoms with Crippen molar-refractivity contribution in [2.75, 3.05) is 0 Å². The van der Waals surface area contributed by atoms with Crippen molar-refractivity contribution in [2.45, 2.75) is 173 Å². The smallest absolute Gasteiger partial charge is 0.0957 e. The van der Waals surface area contributed by atoms with Gasteiger partial charge < -0.3 is 29.0 Å². The molecule has 9 heterocycles. The summed E-state index contributed by atoms with van der Waals surface area (Å²) in [7, 11) is 0. The fourth-order valence-corrected chi connectivity index (χ4v) is 19.2. The third-order valence-corrected chi connectivity index (χ3v) is 22.0. The molecule has 3 aliphatic carbocycles. The van der Waals surface area contributed by atoms with Gasteiger partial charge in [0.25, 0.3) is 0 Å². The van der Waals surface area contributed by atoms with Gasteiger partial charge in [-0.25, -0.2) is 15.0 Å². The maximum absolute atomic E-state index is 12.8. The van der Waals surface area contributed by atoms with Gasteiger partial charge in [-0.3, -0.25) is 0 Å². The molecule has 9 nitrogen and oxygen atoms in total. The minimum atomic E-state index is -0.491. The molecule has 0 amide bonds. The van der Waals surface area contributed by atoms with Gasteiger partial charge in [0.2, 0.25) is 0 Å². The van der Waals surface area contributed by atoms with E-state index in [0.717, 1.165) is 75.6 Å². The highest BCUT2D eigenvalue weighted by Gasteiger charge is 2.52. The zero-order valence-corrected chi connectivity index (χ0v) is 42.0. The van der Waals surface area contributed by atoms with Crippen LogP contribution in [0.3, 0.4) is 0 Å². The lowest BCUT2D eigenvalue weighted by atomic mass is 9.67. The van der Waals surface area contributed by atoms with Crippen molar-refractivity contribution in [3.8, 4) is 33.8 Å². The van der Waals surface area contributed by atoms with Crippen LogP contribution >= 0.6 is 34.0 Å². The molecule has 6 aliphatic rings. The van der Waals surface area contributed by atoms with Crippen LogP contribution in [0.4, 0.5) is 0 Å². The van der Waals surface area contributed by atoms with Gasteiger partial charge in [-0.05, 0) is 105 Å². The van der Waals surface area contributed by atoms with Crippen molar-refractivity contribution < 1.29 is 15.3 Å². The molecule has 10 atom stereocenters. The van der Waals surface area contributed by atoms with Crippen LogP contribution in [0.5, 0.6) is 0 Å². The van der Waals surface area contributed by atoms with E-state index in [4.69, 9.17) is 4.98 Å². The second kappa shape index (κ2) is 16.1. The van der Waals surface area contributed by atoms with Crippen molar-refractivity contribution in [2.24, 2.45) is 34.0 Å². The quantitative estimate of drug-likeness (QED) is 0.119. The first-order valence-electron chi connectivity index (χ1n) is 25.2. The van der Waals surface area contributed by atoms with E-state index < -0.39 is 17.6 Å². The Morgan fingerprint density at radius 1 is 0.515 bits per heavy atom. The lowest BCUT2D eigenvalue weighted by Gasteiger charge is -2.43. The molecule has 3 saturated carbocycles. The van der Waals surface area contributed by atoms with Crippen molar-refractivity contribution in [3.05, 3.63) is 85.5 Å². The first kappa shape index (κ1) is 43.9. The number of aromatic nitrogens is 6. The molecule has 12 heteroatoms. The summed E-state index contributed by atoms with van der Waals surface area (Å²) in [6, 6.07) is 7.26. The summed E-state index contributed by atoms with van der Waals surface area (Å²) in [5.41, 5.74) is 6.21. The first-order chi connectivity index (χ1) is 31.7. The fraction of sp³-hybridized carbons (Fsp3) is 0.611. The second-order valence-corrected chi connectivity index (χ2v) is 26.4. The molecule has 6 unspecified atom stereocenters. The maximum Gasteiger partial charge on any atom is 0.0957 e. The van der Waals surface area contributed by atoms with Gasteiger partial charge in [0.15, 0.2) is 0 Å². The normalized spacial score (nSPS) is 27.8. The fourth-order valence-electron chi connectivity index (χ4n) is 14.7. The Balaban J connectivity index is 0.776. The van der Waals surface area contributed by atoms with Gasteiger partial charge in [0, 0.05) is 57.3 Å². The zero-order chi connectivity index (χ0) is 45.4. The van der Waals surface area contributed by atoms with E-state index in [-0.39, 0.29) is 46.9 Å². The summed E-state index contributed by atoms with van der Waals surface area (Å²) in [5, 5.41) is 39.4. The summed E-state index contributed by atoms with van der Waals surface area (Å²) in [6.07, 6.45) is 25.2. The van der Waals surface area contributed by atoms with E-state index in [1.165, 1.54) is 66.0 Å². The van der Waals surface area contributed by atoms with Crippen LogP contribution in [0.15, 0.2) is 61.2 Å². The van der Waals surface area contributed by atoms with Crippen LogP contribution in [0.2, 0.25) is 0 Å². The van der Waals surface area contributed by atoms with Crippen LogP contribution < -0.4 is 0 Å². The Labute approximate surface area is 402 Å². The summed E-state index contributed by atoms with van der Waals surface area (Å²) in [5.74, 6) is 1.54. The highest BCUT2D eigenvalue weighted by molar-refractivity contribution is 7.13. The lowest BCUT2D eigenvalue weighted by molar-refractivity contribution is -0.0325. The van der Waals surface area contributed by atoms with Crippen molar-refractivity contribution >= 4 is 34.0 Å². The van der Waals surface area contributed by atoms with Crippen LogP contribution in [0.25, 0.3) is 33.8 Å². The van der Waals surface area contributed by atoms with Crippen LogP contribution in [0, 0.1) is 34.0 Å². The number of fused-ring (bicyclic) bond motifs is 9. The molecular formula is C54H68N6O3S3. The van der Waals surface area contributed by atoms with Crippen LogP contribution in [0.1, 0.15) is 179 Å². The summed E-state index contributed by atoms with van der Waals surface area (Å²) in [4.78, 5) is 20.8. The third-order valence-electron chi connectivity index (χ3n) is 18.3. The molecule has 350 valence electrons. The summed E-state index contributed by atoms with van der Waals surface area (Å²) >= 11 is 5.74. The molecular weight excluding hydrogens is 877 g/mol. The second-order valence-electron chi connectivity index (χ2n) is 23.3. The Morgan fingerprint density at radius 3 is 1.39 bits per heavy atom. The lowest BCUT2D eigenvalue weighted by Crippen LogP contribution is -2.43. The molecule has 0 saturated heterocycles. The minimum Gasteiger partial charge on any atom is -0.392 e. The number of hydrogen-bond acceptors (Lipinski definition) is 9. The highest BCUT2D eigenvalue weighted by Crippen LogP contribution is 2.60. The molecule has 0 radical (unpaired) electrons. The molecule has 12 rings (SSSR count). The molecule has 66 heavy (non-hydrogen) atoms. The van der Waals surface area contributed by atoms with Gasteiger partial charge in [-0.2, -0.15) is 0 Å². The molecule has 0 spiro atoms. The Hall–Kier alpha value is -3.39. The number of aliphatic hydroxyl groups is 3. The van der Waals surface area contributed by atoms with Crippen LogP contribution in [-0.2, 0) is 0 Å². The molecule has 3 fully saturated rings. The van der Waals surface area contributed by atoms with E-state index >= 15 is 0 Å². The van der Waals surface area contributed by atoms with Crippen molar-refractivity contribution in [1.29, 1.82) is 0 Å². The molecule has 0 aromatic carbocycles. The Morgan fingerprint density at radius 2 is 0.924 bits per heavy atom. The van der Waals surface area contributed by atoms with Gasteiger partial charge in [-0.15, -0.1) is 34.0 Å². The average Bonchev–Trinajstić information content (AvgIpc) is 4.16. The molecule has 3 N–H and O–H groups in total. The summed E-state index contributed by atoms with van der Waals surface area (Å²) < 4.78 is 6.99. The van der Waals surface area contributed by atoms with E-state index in [9.17, 15) is 15.3 Å². The van der Waals surface area contributed by atoms with Gasteiger partial charge in [0.1, 0.15) is 0 Å². The standard InChI is InChI=1S/C54H68N6O3S3/c1-52(2,46-43-35(18-19-64-43)38-24-55-27-58(38)46)50(62)33-16-10-14-31(20-33)42-23-37-40-26-57-29-60(40)48(45(37)66-42)54(5,6)51(63)34-17-11-15-32(21-34)41-22-36-39-25-56-28-59(39)47(44(36)65-41)53(3,4)49(61)30-12-8-7-9-13-30/h18-19,22-34,46-51,61-63H,7-17,20-21H2,1-6H3/t31?,32?,33?,34?,46-,47?,48?,49-,50-,51+/m0/s1. The predicted molar refractivity (Wildman–Crippen MR) is 266 cm³/mol. The monoisotopic (exact) mass is 944 g/mol. The summed E-state index contributed by atoms with van der Waals surface area (Å²) in [6.45, 7) is 13.7. The largest absolute Gasteiger partial charge is 0.392 e. The van der Waals surface area contributed by atoms with Crippen molar-refractivity contribution in [1.82, 2.24) is 28.7 Å². The first-order valence-corrected chi connectivity index (χ1v) is 27.7. The number of imidazole rings is 3. The SMILES string of the molecule is CC(C)(C1c2sc(C3CCCC([C@H](O)C(C)(C)[C@@H]4c5sccc5-c5cncn54)C3)cc2-c2cncn21)[C@H](O)C1CCCC(c2cc3c(s2)C(C(C)(C)[C@@H](O)C2CCCCC2)n2cncc2-3)C1. The van der Waals surface area contributed by atoms with Gasteiger partial charge in [-0.1, -0.05) is 73.6 Å². The highest BCUT2D eigenvalue weighted by atomic mass is 32.1. The van der Waals surface area contributed by atoms with Gasteiger partial charge in [0.05, 0.1) is 91.1 Å². The maximum atomic E-state index is 12.8. The van der Waals surface area contributed by atoms with E-state index in [0.29, 0.717) is 17.8 Å². The average molecular weight is 945 g/mol. The number of hydrogen-bond donors (Lipinski definition) is 3. The third kappa shape index (κ3) is 6.60. The molecule has 6 aromatic heterocycles.